The monoisotopic (exact) mass is 301 g/mol. The molecule has 102 valence electrons. The molecule has 8 heteroatoms. The minimum atomic E-state index is -3.84. The van der Waals surface area contributed by atoms with E-state index in [4.69, 9.17) is 11.6 Å². The number of nitrogens with zero attached hydrogens (tertiary/aromatic N) is 2. The first kappa shape index (κ1) is 13.7. The lowest BCUT2D eigenvalue weighted by atomic mass is 10.3. The molecule has 19 heavy (non-hydrogen) atoms. The first-order valence-electron chi connectivity index (χ1n) is 5.45. The van der Waals surface area contributed by atoms with Crippen LogP contribution in [0.5, 0.6) is 5.75 Å². The van der Waals surface area contributed by atoms with Crippen LogP contribution in [0.15, 0.2) is 35.7 Å². The summed E-state index contributed by atoms with van der Waals surface area (Å²) in [7, 11) is -3.84. The number of halogens is 1. The van der Waals surface area contributed by atoms with Gasteiger partial charge in [0, 0.05) is 17.8 Å². The summed E-state index contributed by atoms with van der Waals surface area (Å²) < 4.78 is 28.0. The van der Waals surface area contributed by atoms with Crippen LogP contribution in [0.25, 0.3) is 0 Å². The summed E-state index contributed by atoms with van der Waals surface area (Å²) in [5, 5.41) is 9.78. The predicted octanol–water partition coefficient (Wildman–Crippen LogP) is 2.06. The average molecular weight is 302 g/mol. The van der Waals surface area contributed by atoms with Crippen LogP contribution in [0.3, 0.4) is 0 Å². The highest BCUT2D eigenvalue weighted by atomic mass is 35.5. The molecule has 1 heterocycles. The highest BCUT2D eigenvalue weighted by Crippen LogP contribution is 2.28. The van der Waals surface area contributed by atoms with E-state index < -0.39 is 10.0 Å². The number of nitrogens with one attached hydrogen (secondary N) is 1. The third-order valence-corrected chi connectivity index (χ3v) is 3.94. The lowest BCUT2D eigenvalue weighted by Crippen LogP contribution is -2.13. The molecule has 0 aliphatic heterocycles. The summed E-state index contributed by atoms with van der Waals surface area (Å²) in [5.41, 5.74) is 0.0125. The summed E-state index contributed by atoms with van der Waals surface area (Å²) in [6, 6.07) is 4.09. The van der Waals surface area contributed by atoms with Gasteiger partial charge < -0.3 is 9.67 Å². The molecule has 0 radical (unpaired) electrons. The maximum atomic E-state index is 12.1. The van der Waals surface area contributed by atoms with Crippen molar-refractivity contribution in [3.05, 3.63) is 35.7 Å². The van der Waals surface area contributed by atoms with Crippen molar-refractivity contribution in [2.24, 2.45) is 0 Å². The first-order valence-corrected chi connectivity index (χ1v) is 7.31. The molecule has 0 aliphatic rings. The third-order valence-electron chi connectivity index (χ3n) is 2.45. The normalized spacial score (nSPS) is 11.5. The Morgan fingerprint density at radius 1 is 1.47 bits per heavy atom. The number of hydrogen-bond donors (Lipinski definition) is 2. The quantitative estimate of drug-likeness (QED) is 0.847. The molecule has 6 nitrogen and oxygen atoms in total. The second kappa shape index (κ2) is 5.10. The number of sulfonamides is 1. The van der Waals surface area contributed by atoms with Crippen molar-refractivity contribution < 1.29 is 13.5 Å². The predicted molar refractivity (Wildman–Crippen MR) is 71.8 cm³/mol. The lowest BCUT2D eigenvalue weighted by molar-refractivity contribution is 0.477. The summed E-state index contributed by atoms with van der Waals surface area (Å²) in [6.45, 7) is 2.49. The zero-order valence-electron chi connectivity index (χ0n) is 10.0. The number of anilines is 1. The van der Waals surface area contributed by atoms with Crippen molar-refractivity contribution in [3.63, 3.8) is 0 Å². The highest BCUT2D eigenvalue weighted by Gasteiger charge is 2.19. The van der Waals surface area contributed by atoms with Crippen molar-refractivity contribution in [2.45, 2.75) is 18.5 Å². The summed E-state index contributed by atoms with van der Waals surface area (Å²) in [5.74, 6) is -0.206. The van der Waals surface area contributed by atoms with Crippen LogP contribution >= 0.6 is 11.6 Å². The van der Waals surface area contributed by atoms with Crippen LogP contribution in [-0.4, -0.2) is 23.1 Å². The lowest BCUT2D eigenvalue weighted by Gasteiger charge is -2.07. The molecule has 0 bridgehead atoms. The molecule has 0 fully saturated rings. The van der Waals surface area contributed by atoms with Crippen LogP contribution in [0, 0.1) is 0 Å². The van der Waals surface area contributed by atoms with Crippen LogP contribution in [-0.2, 0) is 16.6 Å². The van der Waals surface area contributed by atoms with Gasteiger partial charge >= 0.3 is 0 Å². The van der Waals surface area contributed by atoms with Crippen molar-refractivity contribution in [1.82, 2.24) is 9.55 Å². The number of aryl methyl sites for hydroxylation is 1. The molecule has 0 aliphatic carbocycles. The topological polar surface area (TPSA) is 84.2 Å². The Morgan fingerprint density at radius 2 is 2.21 bits per heavy atom. The van der Waals surface area contributed by atoms with Crippen LogP contribution < -0.4 is 4.72 Å². The smallest absolute Gasteiger partial charge is 0.281 e. The zero-order valence-corrected chi connectivity index (χ0v) is 11.6. The van der Waals surface area contributed by atoms with E-state index in [2.05, 4.69) is 9.71 Å². The molecule has 0 saturated heterocycles. The summed E-state index contributed by atoms with van der Waals surface area (Å²) in [6.07, 6.45) is 2.83. The van der Waals surface area contributed by atoms with Gasteiger partial charge in [0.15, 0.2) is 5.03 Å². The Bertz CT molecular complexity index is 697. The number of rotatable bonds is 4. The van der Waals surface area contributed by atoms with E-state index in [0.29, 0.717) is 11.6 Å². The molecular formula is C11H12ClN3O3S. The van der Waals surface area contributed by atoms with Crippen LogP contribution in [0.2, 0.25) is 5.02 Å². The minimum absolute atomic E-state index is 0.0125. The van der Waals surface area contributed by atoms with Crippen molar-refractivity contribution >= 4 is 27.3 Å². The van der Waals surface area contributed by atoms with Gasteiger partial charge in [0.1, 0.15) is 5.75 Å². The zero-order chi connectivity index (χ0) is 14.0. The SMILES string of the molecule is CCn1cnc(S(=O)(=O)Nc2cc(Cl)ccc2O)c1. The summed E-state index contributed by atoms with van der Waals surface area (Å²) >= 11 is 5.75. The van der Waals surface area contributed by atoms with E-state index in [0.717, 1.165) is 0 Å². The molecule has 1 aromatic heterocycles. The minimum Gasteiger partial charge on any atom is -0.506 e. The molecule has 2 N–H and O–H groups in total. The molecule has 0 spiro atoms. The molecule has 2 rings (SSSR count). The molecule has 0 unspecified atom stereocenters. The van der Waals surface area contributed by atoms with Gasteiger partial charge in [0.25, 0.3) is 10.0 Å². The van der Waals surface area contributed by atoms with Crippen LogP contribution in [0.4, 0.5) is 5.69 Å². The second-order valence-corrected chi connectivity index (χ2v) is 5.88. The number of aromatic nitrogens is 2. The number of hydrogen-bond acceptors (Lipinski definition) is 4. The van der Waals surface area contributed by atoms with Gasteiger partial charge in [-0.2, -0.15) is 8.42 Å². The van der Waals surface area contributed by atoms with Gasteiger partial charge in [-0.25, -0.2) is 4.98 Å². The van der Waals surface area contributed by atoms with E-state index in [9.17, 15) is 13.5 Å². The third kappa shape index (κ3) is 2.99. The maximum Gasteiger partial charge on any atom is 0.281 e. The molecule has 0 amide bonds. The van der Waals surface area contributed by atoms with Gasteiger partial charge in [-0.15, -0.1) is 0 Å². The Morgan fingerprint density at radius 3 is 2.84 bits per heavy atom. The number of phenolic OH excluding ortho intramolecular Hbond substituents is 1. The van der Waals surface area contributed by atoms with Gasteiger partial charge in [-0.1, -0.05) is 11.6 Å². The van der Waals surface area contributed by atoms with E-state index >= 15 is 0 Å². The van der Waals surface area contributed by atoms with Gasteiger partial charge in [0.05, 0.1) is 12.0 Å². The van der Waals surface area contributed by atoms with Crippen molar-refractivity contribution in [1.29, 1.82) is 0 Å². The maximum absolute atomic E-state index is 12.1. The van der Waals surface area contributed by atoms with E-state index in [1.54, 1.807) is 4.57 Å². The standard InChI is InChI=1S/C11H12ClN3O3S/c1-2-15-6-11(13-7-15)19(17,18)14-9-5-8(12)3-4-10(9)16/h3-7,14,16H,2H2,1H3. The molecule has 1 aromatic carbocycles. The van der Waals surface area contributed by atoms with E-state index in [1.807, 2.05) is 6.92 Å². The highest BCUT2D eigenvalue weighted by molar-refractivity contribution is 7.92. The van der Waals surface area contributed by atoms with Gasteiger partial charge in [-0.05, 0) is 25.1 Å². The van der Waals surface area contributed by atoms with Crippen molar-refractivity contribution in [2.75, 3.05) is 4.72 Å². The molecular weight excluding hydrogens is 290 g/mol. The van der Waals surface area contributed by atoms with Gasteiger partial charge in [0.2, 0.25) is 0 Å². The Kier molecular flexibility index (Phi) is 3.68. The largest absolute Gasteiger partial charge is 0.506 e. The van der Waals surface area contributed by atoms with Crippen molar-refractivity contribution in [3.8, 4) is 5.75 Å². The second-order valence-electron chi connectivity index (χ2n) is 3.81. The van der Waals surface area contributed by atoms with Gasteiger partial charge in [-0.3, -0.25) is 4.72 Å². The Hall–Kier alpha value is -1.73. The first-order chi connectivity index (χ1) is 8.92. The fraction of sp³-hybridized carbons (Fsp3) is 0.182. The number of aromatic hydroxyl groups is 1. The number of phenols is 1. The molecule has 0 saturated carbocycles. The van der Waals surface area contributed by atoms with E-state index in [-0.39, 0.29) is 16.5 Å². The number of benzene rings is 1. The molecule has 2 aromatic rings. The fourth-order valence-corrected chi connectivity index (χ4v) is 2.63. The fourth-order valence-electron chi connectivity index (χ4n) is 1.44. The van der Waals surface area contributed by atoms with Crippen LogP contribution in [0.1, 0.15) is 6.92 Å². The molecule has 0 atom stereocenters. The number of imidazole rings is 1. The Balaban J connectivity index is 2.33. The summed E-state index contributed by atoms with van der Waals surface area (Å²) in [4.78, 5) is 3.80. The average Bonchev–Trinajstić information content (AvgIpc) is 2.83. The Labute approximate surface area is 115 Å². The van der Waals surface area contributed by atoms with E-state index in [1.165, 1.54) is 30.7 Å².